The van der Waals surface area contributed by atoms with Gasteiger partial charge < -0.3 is 14.6 Å². The molecule has 4 heteroatoms. The maximum absolute atomic E-state index is 11.9. The van der Waals surface area contributed by atoms with Crippen LogP contribution in [0.25, 0.3) is 0 Å². The summed E-state index contributed by atoms with van der Waals surface area (Å²) in [6.45, 7) is 1.07. The van der Waals surface area contributed by atoms with Gasteiger partial charge in [-0.15, -0.1) is 0 Å². The van der Waals surface area contributed by atoms with Crippen molar-refractivity contribution in [1.29, 1.82) is 0 Å². The van der Waals surface area contributed by atoms with Crippen molar-refractivity contribution in [3.8, 4) is 5.75 Å². The molecule has 0 radical (unpaired) electrons. The number of ether oxygens (including phenoxy) is 2. The summed E-state index contributed by atoms with van der Waals surface area (Å²) in [5, 5.41) is 9.77. The summed E-state index contributed by atoms with van der Waals surface area (Å²) < 4.78 is 10.9. The van der Waals surface area contributed by atoms with Gasteiger partial charge in [-0.2, -0.15) is 0 Å². The second-order valence-electron chi connectivity index (χ2n) is 5.37. The highest BCUT2D eigenvalue weighted by atomic mass is 16.5. The number of hydrogen-bond donors (Lipinski definition) is 1. The summed E-state index contributed by atoms with van der Waals surface area (Å²) in [6.07, 6.45) is 3.30. The monoisotopic (exact) mass is 262 g/mol. The Morgan fingerprint density at radius 2 is 2.05 bits per heavy atom. The number of hydrogen-bond acceptors (Lipinski definition) is 3. The topological polar surface area (TPSA) is 55.8 Å². The molecule has 1 saturated carbocycles. The lowest BCUT2D eigenvalue weighted by atomic mass is 9.75. The van der Waals surface area contributed by atoms with Crippen LogP contribution in [0, 0.1) is 0 Å². The van der Waals surface area contributed by atoms with Gasteiger partial charge in [-0.1, -0.05) is 18.9 Å². The van der Waals surface area contributed by atoms with Crippen LogP contribution in [-0.2, 0) is 28.2 Å². The van der Waals surface area contributed by atoms with Gasteiger partial charge in [0.2, 0.25) is 0 Å². The number of aliphatic carboxylic acids is 1. The highest BCUT2D eigenvalue weighted by Gasteiger charge is 2.47. The van der Waals surface area contributed by atoms with E-state index in [0.717, 1.165) is 29.5 Å². The predicted molar refractivity (Wildman–Crippen MR) is 69.3 cm³/mol. The smallest absolute Gasteiger partial charge is 0.314 e. The van der Waals surface area contributed by atoms with Gasteiger partial charge in [-0.25, -0.2) is 0 Å². The molecule has 1 aliphatic heterocycles. The van der Waals surface area contributed by atoms with Gasteiger partial charge in [0.25, 0.3) is 0 Å². The van der Waals surface area contributed by atoms with Crippen LogP contribution in [0.5, 0.6) is 5.75 Å². The van der Waals surface area contributed by atoms with Crippen LogP contribution >= 0.6 is 0 Å². The Kier molecular flexibility index (Phi) is 2.97. The third-order valence-electron chi connectivity index (χ3n) is 4.44. The van der Waals surface area contributed by atoms with Gasteiger partial charge in [-0.05, 0) is 30.0 Å². The molecular weight excluding hydrogens is 244 g/mol. The Bertz CT molecular complexity index is 515. The average Bonchev–Trinajstić information content (AvgIpc) is 3.06. The van der Waals surface area contributed by atoms with E-state index in [9.17, 15) is 9.90 Å². The third kappa shape index (κ3) is 1.74. The minimum atomic E-state index is -0.787. The molecule has 102 valence electrons. The van der Waals surface area contributed by atoms with Crippen LogP contribution in [0.3, 0.4) is 0 Å². The minimum Gasteiger partial charge on any atom is -0.496 e. The van der Waals surface area contributed by atoms with E-state index < -0.39 is 11.4 Å². The fraction of sp³-hybridized carbons (Fsp3) is 0.533. The van der Waals surface area contributed by atoms with Gasteiger partial charge in [0.05, 0.1) is 25.7 Å². The lowest BCUT2D eigenvalue weighted by Gasteiger charge is -2.28. The zero-order valence-electron chi connectivity index (χ0n) is 11.1. The second-order valence-corrected chi connectivity index (χ2v) is 5.37. The first-order valence-corrected chi connectivity index (χ1v) is 6.69. The number of carbonyl (C=O) groups is 1. The first-order valence-electron chi connectivity index (χ1n) is 6.69. The number of benzene rings is 1. The van der Waals surface area contributed by atoms with Crippen molar-refractivity contribution >= 4 is 5.97 Å². The molecule has 1 heterocycles. The molecule has 0 spiro atoms. The first kappa shape index (κ1) is 12.5. The molecule has 0 atom stereocenters. The Morgan fingerprint density at radius 3 is 2.68 bits per heavy atom. The van der Waals surface area contributed by atoms with Gasteiger partial charge in [-0.3, -0.25) is 4.79 Å². The van der Waals surface area contributed by atoms with E-state index in [1.165, 1.54) is 0 Å². The molecule has 0 unspecified atom stereocenters. The summed E-state index contributed by atoms with van der Waals surface area (Å²) in [4.78, 5) is 11.9. The summed E-state index contributed by atoms with van der Waals surface area (Å²) in [6, 6.07) is 3.86. The Balaban J connectivity index is 2.23. The van der Waals surface area contributed by atoms with Crippen molar-refractivity contribution < 1.29 is 19.4 Å². The number of carboxylic acids is 1. The fourth-order valence-corrected chi connectivity index (χ4v) is 3.48. The van der Waals surface area contributed by atoms with E-state index in [0.29, 0.717) is 31.8 Å². The zero-order valence-corrected chi connectivity index (χ0v) is 11.1. The number of carboxylic acid groups (broad SMARTS) is 1. The molecular formula is C15H18O4. The summed E-state index contributed by atoms with van der Waals surface area (Å²) in [5.74, 6) is -0.0443. The van der Waals surface area contributed by atoms with Crippen molar-refractivity contribution in [1.82, 2.24) is 0 Å². The minimum absolute atomic E-state index is 0.497. The average molecular weight is 262 g/mol. The molecule has 1 fully saturated rings. The fourth-order valence-electron chi connectivity index (χ4n) is 3.48. The van der Waals surface area contributed by atoms with Crippen LogP contribution in [0.2, 0.25) is 0 Å². The van der Waals surface area contributed by atoms with Crippen LogP contribution in [0.4, 0.5) is 0 Å². The van der Waals surface area contributed by atoms with Gasteiger partial charge in [0, 0.05) is 5.56 Å². The lowest BCUT2D eigenvalue weighted by molar-refractivity contribution is -0.143. The van der Waals surface area contributed by atoms with E-state index >= 15 is 0 Å². The predicted octanol–water partition coefficient (Wildman–Crippen LogP) is 2.62. The van der Waals surface area contributed by atoms with Crippen molar-refractivity contribution in [3.63, 3.8) is 0 Å². The van der Waals surface area contributed by atoms with Gasteiger partial charge in [0.1, 0.15) is 5.75 Å². The third-order valence-corrected chi connectivity index (χ3v) is 4.44. The van der Waals surface area contributed by atoms with E-state index in [4.69, 9.17) is 9.47 Å². The highest BCUT2D eigenvalue weighted by molar-refractivity contribution is 5.84. The van der Waals surface area contributed by atoms with Crippen LogP contribution < -0.4 is 4.74 Å². The Hall–Kier alpha value is -1.55. The van der Waals surface area contributed by atoms with E-state index in [1.807, 2.05) is 12.1 Å². The Morgan fingerprint density at radius 1 is 1.32 bits per heavy atom. The van der Waals surface area contributed by atoms with E-state index in [2.05, 4.69) is 0 Å². The molecule has 1 aromatic carbocycles. The van der Waals surface area contributed by atoms with Crippen molar-refractivity contribution in [3.05, 3.63) is 28.8 Å². The SMILES string of the molecule is COc1ccc2c(c1C1(C(=O)O)CCCC1)COC2. The molecule has 0 bridgehead atoms. The molecule has 3 rings (SSSR count). The normalized spacial score (nSPS) is 20.3. The van der Waals surface area contributed by atoms with Crippen molar-refractivity contribution in [2.75, 3.05) is 7.11 Å². The second kappa shape index (κ2) is 4.53. The van der Waals surface area contributed by atoms with Crippen LogP contribution in [0.15, 0.2) is 12.1 Å². The standard InChI is InChI=1S/C15H18O4/c1-18-12-5-4-10-8-19-9-11(10)13(12)15(14(16)17)6-2-3-7-15/h4-5H,2-3,6-9H2,1H3,(H,16,17). The van der Waals surface area contributed by atoms with Crippen LogP contribution in [0.1, 0.15) is 42.4 Å². The van der Waals surface area contributed by atoms with E-state index in [-0.39, 0.29) is 0 Å². The number of methoxy groups -OCH3 is 1. The lowest BCUT2D eigenvalue weighted by Crippen LogP contribution is -2.34. The molecule has 1 N–H and O–H groups in total. The number of fused-ring (bicyclic) bond motifs is 1. The van der Waals surface area contributed by atoms with Crippen molar-refractivity contribution in [2.45, 2.75) is 44.3 Å². The first-order chi connectivity index (χ1) is 9.19. The molecule has 0 amide bonds. The molecule has 19 heavy (non-hydrogen) atoms. The number of rotatable bonds is 3. The summed E-state index contributed by atoms with van der Waals surface area (Å²) in [5.41, 5.74) is 2.20. The maximum Gasteiger partial charge on any atom is 0.314 e. The quantitative estimate of drug-likeness (QED) is 0.909. The molecule has 0 saturated heterocycles. The highest BCUT2D eigenvalue weighted by Crippen LogP contribution is 2.48. The van der Waals surface area contributed by atoms with Crippen molar-refractivity contribution in [2.24, 2.45) is 0 Å². The molecule has 0 aromatic heterocycles. The molecule has 1 aliphatic carbocycles. The molecule has 4 nitrogen and oxygen atoms in total. The molecule has 2 aliphatic rings. The zero-order chi connectivity index (χ0) is 13.5. The van der Waals surface area contributed by atoms with Gasteiger partial charge in [0.15, 0.2) is 0 Å². The molecule has 1 aromatic rings. The maximum atomic E-state index is 11.9. The van der Waals surface area contributed by atoms with E-state index in [1.54, 1.807) is 7.11 Å². The van der Waals surface area contributed by atoms with Gasteiger partial charge >= 0.3 is 5.97 Å². The summed E-state index contributed by atoms with van der Waals surface area (Å²) in [7, 11) is 1.60. The summed E-state index contributed by atoms with van der Waals surface area (Å²) >= 11 is 0. The largest absolute Gasteiger partial charge is 0.496 e. The Labute approximate surface area is 112 Å². The van der Waals surface area contributed by atoms with Crippen LogP contribution in [-0.4, -0.2) is 18.2 Å².